The normalized spacial score (nSPS) is 16.1. The molecule has 1 aliphatic rings. The number of hydrogen-bond donors (Lipinski definition) is 2. The van der Waals surface area contributed by atoms with Gasteiger partial charge in [0.05, 0.1) is 12.7 Å². The number of aromatic carboxylic acids is 1. The maximum atomic E-state index is 10.9. The SMILES string of the molecule is Cc1sc(C(=O)O)cc1CNCCOC1CCCC1. The van der Waals surface area contributed by atoms with E-state index in [1.54, 1.807) is 6.07 Å². The van der Waals surface area contributed by atoms with Gasteiger partial charge in [0.2, 0.25) is 0 Å². The molecule has 106 valence electrons. The molecule has 1 fully saturated rings. The Morgan fingerprint density at radius 1 is 1.53 bits per heavy atom. The topological polar surface area (TPSA) is 58.6 Å². The molecule has 2 rings (SSSR count). The van der Waals surface area contributed by atoms with E-state index in [1.807, 2.05) is 6.92 Å². The second kappa shape index (κ2) is 7.03. The Morgan fingerprint density at radius 3 is 2.89 bits per heavy atom. The monoisotopic (exact) mass is 283 g/mol. The number of carboxylic acid groups (broad SMARTS) is 1. The number of thiophene rings is 1. The highest BCUT2D eigenvalue weighted by Gasteiger charge is 2.14. The highest BCUT2D eigenvalue weighted by molar-refractivity contribution is 7.14. The molecule has 0 atom stereocenters. The first kappa shape index (κ1) is 14.5. The van der Waals surface area contributed by atoms with Crippen molar-refractivity contribution < 1.29 is 14.6 Å². The molecule has 0 aromatic carbocycles. The minimum Gasteiger partial charge on any atom is -0.477 e. The van der Waals surface area contributed by atoms with Crippen molar-refractivity contribution in [2.75, 3.05) is 13.2 Å². The lowest BCUT2D eigenvalue weighted by atomic mass is 10.2. The largest absolute Gasteiger partial charge is 0.477 e. The molecule has 1 aromatic rings. The van der Waals surface area contributed by atoms with E-state index in [0.29, 0.717) is 17.5 Å². The van der Waals surface area contributed by atoms with Gasteiger partial charge in [-0.1, -0.05) is 12.8 Å². The van der Waals surface area contributed by atoms with Crippen molar-refractivity contribution in [3.63, 3.8) is 0 Å². The van der Waals surface area contributed by atoms with E-state index in [0.717, 1.165) is 23.6 Å². The molecule has 0 spiro atoms. The first-order chi connectivity index (χ1) is 9.16. The van der Waals surface area contributed by atoms with E-state index in [-0.39, 0.29) is 0 Å². The molecule has 19 heavy (non-hydrogen) atoms. The number of rotatable bonds is 7. The second-order valence-electron chi connectivity index (χ2n) is 4.95. The van der Waals surface area contributed by atoms with E-state index in [9.17, 15) is 4.79 Å². The third-order valence-electron chi connectivity index (χ3n) is 3.48. The lowest BCUT2D eigenvalue weighted by Gasteiger charge is -2.11. The molecule has 0 saturated heterocycles. The Labute approximate surface area is 117 Å². The minimum absolute atomic E-state index is 0.413. The van der Waals surface area contributed by atoms with Gasteiger partial charge in [0.15, 0.2) is 0 Å². The number of aryl methyl sites for hydroxylation is 1. The maximum absolute atomic E-state index is 10.9. The number of ether oxygens (including phenoxy) is 1. The summed E-state index contributed by atoms with van der Waals surface area (Å²) in [6.07, 6.45) is 5.45. The van der Waals surface area contributed by atoms with Gasteiger partial charge < -0.3 is 15.2 Å². The van der Waals surface area contributed by atoms with E-state index in [2.05, 4.69) is 5.32 Å². The zero-order chi connectivity index (χ0) is 13.7. The van der Waals surface area contributed by atoms with Gasteiger partial charge in [-0.25, -0.2) is 4.79 Å². The number of hydrogen-bond acceptors (Lipinski definition) is 4. The van der Waals surface area contributed by atoms with Crippen LogP contribution < -0.4 is 5.32 Å². The summed E-state index contributed by atoms with van der Waals surface area (Å²) in [5.74, 6) is -0.844. The molecule has 1 aromatic heterocycles. The molecule has 1 heterocycles. The molecule has 1 saturated carbocycles. The van der Waals surface area contributed by atoms with Gasteiger partial charge in [-0.2, -0.15) is 0 Å². The fraction of sp³-hybridized carbons (Fsp3) is 0.643. The Hall–Kier alpha value is -0.910. The molecule has 0 bridgehead atoms. The lowest BCUT2D eigenvalue weighted by Crippen LogP contribution is -2.21. The average Bonchev–Trinajstić information content (AvgIpc) is 2.99. The Morgan fingerprint density at radius 2 is 2.26 bits per heavy atom. The van der Waals surface area contributed by atoms with Crippen LogP contribution in [0.2, 0.25) is 0 Å². The zero-order valence-electron chi connectivity index (χ0n) is 11.3. The fourth-order valence-electron chi connectivity index (χ4n) is 2.38. The van der Waals surface area contributed by atoms with Crippen LogP contribution in [-0.2, 0) is 11.3 Å². The van der Waals surface area contributed by atoms with Crippen molar-refractivity contribution in [2.24, 2.45) is 0 Å². The van der Waals surface area contributed by atoms with Gasteiger partial charge in [-0.3, -0.25) is 0 Å². The van der Waals surface area contributed by atoms with Crippen LogP contribution in [0.4, 0.5) is 0 Å². The van der Waals surface area contributed by atoms with Crippen LogP contribution in [0.1, 0.15) is 45.8 Å². The standard InChI is InChI=1S/C14H21NO3S/c1-10-11(8-13(19-10)14(16)17)9-15-6-7-18-12-4-2-3-5-12/h8,12,15H,2-7,9H2,1H3,(H,16,17). The van der Waals surface area contributed by atoms with Gasteiger partial charge in [0.1, 0.15) is 4.88 Å². The molecule has 2 N–H and O–H groups in total. The summed E-state index contributed by atoms with van der Waals surface area (Å²) in [7, 11) is 0. The third-order valence-corrected chi connectivity index (χ3v) is 4.56. The van der Waals surface area contributed by atoms with Crippen LogP contribution in [0.25, 0.3) is 0 Å². The maximum Gasteiger partial charge on any atom is 0.345 e. The molecule has 1 aliphatic carbocycles. The van der Waals surface area contributed by atoms with Gasteiger partial charge in [-0.05, 0) is 31.4 Å². The first-order valence-electron chi connectivity index (χ1n) is 6.81. The number of carboxylic acids is 1. The molecule has 0 unspecified atom stereocenters. The first-order valence-corrected chi connectivity index (χ1v) is 7.63. The fourth-order valence-corrected chi connectivity index (χ4v) is 3.26. The summed E-state index contributed by atoms with van der Waals surface area (Å²) < 4.78 is 5.76. The van der Waals surface area contributed by atoms with Gasteiger partial charge in [-0.15, -0.1) is 11.3 Å². The van der Waals surface area contributed by atoms with E-state index >= 15 is 0 Å². The Bertz CT molecular complexity index is 424. The third kappa shape index (κ3) is 4.30. The van der Waals surface area contributed by atoms with E-state index in [1.165, 1.54) is 37.0 Å². The summed E-state index contributed by atoms with van der Waals surface area (Å²) in [6, 6.07) is 1.76. The van der Waals surface area contributed by atoms with Crippen molar-refractivity contribution in [3.8, 4) is 0 Å². The number of carbonyl (C=O) groups is 1. The molecular formula is C14H21NO3S. The van der Waals surface area contributed by atoms with Gasteiger partial charge >= 0.3 is 5.97 Å². The minimum atomic E-state index is -0.844. The van der Waals surface area contributed by atoms with Crippen molar-refractivity contribution >= 4 is 17.3 Å². The molecule has 5 heteroatoms. The van der Waals surface area contributed by atoms with Gasteiger partial charge in [0.25, 0.3) is 0 Å². The predicted octanol–water partition coefficient (Wildman–Crippen LogP) is 2.80. The second-order valence-corrected chi connectivity index (χ2v) is 6.21. The Balaban J connectivity index is 1.66. The highest BCUT2D eigenvalue weighted by Crippen LogP contribution is 2.22. The van der Waals surface area contributed by atoms with Crippen LogP contribution in [0.15, 0.2) is 6.07 Å². The molecule has 0 amide bonds. The molecule has 0 aliphatic heterocycles. The summed E-state index contributed by atoms with van der Waals surface area (Å²) in [4.78, 5) is 12.3. The molecule has 4 nitrogen and oxygen atoms in total. The number of nitrogens with one attached hydrogen (secondary N) is 1. The van der Waals surface area contributed by atoms with Crippen molar-refractivity contribution in [1.29, 1.82) is 0 Å². The zero-order valence-corrected chi connectivity index (χ0v) is 12.1. The smallest absolute Gasteiger partial charge is 0.345 e. The van der Waals surface area contributed by atoms with Crippen LogP contribution in [0.3, 0.4) is 0 Å². The predicted molar refractivity (Wildman–Crippen MR) is 75.9 cm³/mol. The van der Waals surface area contributed by atoms with E-state index in [4.69, 9.17) is 9.84 Å². The lowest BCUT2D eigenvalue weighted by molar-refractivity contribution is 0.0602. The van der Waals surface area contributed by atoms with Crippen LogP contribution in [0.5, 0.6) is 0 Å². The summed E-state index contributed by atoms with van der Waals surface area (Å²) >= 11 is 1.34. The van der Waals surface area contributed by atoms with Crippen molar-refractivity contribution in [1.82, 2.24) is 5.32 Å². The van der Waals surface area contributed by atoms with Crippen LogP contribution >= 0.6 is 11.3 Å². The molecule has 0 radical (unpaired) electrons. The van der Waals surface area contributed by atoms with Gasteiger partial charge in [0, 0.05) is 18.0 Å². The average molecular weight is 283 g/mol. The van der Waals surface area contributed by atoms with Crippen molar-refractivity contribution in [2.45, 2.75) is 45.3 Å². The molecular weight excluding hydrogens is 262 g/mol. The summed E-state index contributed by atoms with van der Waals surface area (Å²) in [5.41, 5.74) is 1.07. The van der Waals surface area contributed by atoms with Crippen LogP contribution in [-0.4, -0.2) is 30.3 Å². The van der Waals surface area contributed by atoms with Crippen molar-refractivity contribution in [3.05, 3.63) is 21.4 Å². The summed E-state index contributed by atoms with van der Waals surface area (Å²) in [6.45, 7) is 4.22. The quantitative estimate of drug-likeness (QED) is 0.755. The highest BCUT2D eigenvalue weighted by atomic mass is 32.1. The Kier molecular flexibility index (Phi) is 5.36. The van der Waals surface area contributed by atoms with E-state index < -0.39 is 5.97 Å². The van der Waals surface area contributed by atoms with Crippen LogP contribution in [0, 0.1) is 6.92 Å². The summed E-state index contributed by atoms with van der Waals surface area (Å²) in [5, 5.41) is 12.2.